The van der Waals surface area contributed by atoms with Crippen molar-refractivity contribution in [2.75, 3.05) is 7.11 Å². The lowest BCUT2D eigenvalue weighted by molar-refractivity contribution is -0.136. The number of carbonyl (C=O) groups excluding carboxylic acids is 1. The van der Waals surface area contributed by atoms with Crippen LogP contribution in [0.25, 0.3) is 0 Å². The molecule has 1 atom stereocenters. The van der Waals surface area contributed by atoms with E-state index in [2.05, 4.69) is 10.6 Å². The lowest BCUT2D eigenvalue weighted by Crippen LogP contribution is -2.45. The summed E-state index contributed by atoms with van der Waals surface area (Å²) in [6.45, 7) is 1.81. The van der Waals surface area contributed by atoms with Crippen molar-refractivity contribution in [3.05, 3.63) is 47.2 Å². The zero-order chi connectivity index (χ0) is 13.1. The van der Waals surface area contributed by atoms with E-state index in [9.17, 15) is 4.79 Å². The van der Waals surface area contributed by atoms with Crippen molar-refractivity contribution in [1.82, 2.24) is 10.6 Å². The van der Waals surface area contributed by atoms with Crippen LogP contribution in [0, 0.1) is 0 Å². The van der Waals surface area contributed by atoms with Gasteiger partial charge in [-0.2, -0.15) is 0 Å². The van der Waals surface area contributed by atoms with Gasteiger partial charge in [0.2, 0.25) is 0 Å². The lowest BCUT2D eigenvalue weighted by atomic mass is 9.96. The van der Waals surface area contributed by atoms with Crippen molar-refractivity contribution in [1.29, 1.82) is 0 Å². The molecule has 0 unspecified atom stereocenters. The highest BCUT2D eigenvalue weighted by Crippen LogP contribution is 2.27. The van der Waals surface area contributed by atoms with E-state index < -0.39 is 0 Å². The second-order valence-electron chi connectivity index (χ2n) is 3.97. The summed E-state index contributed by atoms with van der Waals surface area (Å²) in [5, 5.41) is 6.54. The molecule has 1 aliphatic rings. The van der Waals surface area contributed by atoms with Crippen LogP contribution in [-0.4, -0.2) is 18.2 Å². The topological polar surface area (TPSA) is 50.4 Å². The normalized spacial score (nSPS) is 19.0. The van der Waals surface area contributed by atoms with E-state index >= 15 is 0 Å². The van der Waals surface area contributed by atoms with Gasteiger partial charge >= 0.3 is 5.97 Å². The number of methoxy groups -OCH3 is 1. The summed E-state index contributed by atoms with van der Waals surface area (Å²) in [4.78, 5) is 11.9. The van der Waals surface area contributed by atoms with Crippen LogP contribution in [0.3, 0.4) is 0 Å². The van der Waals surface area contributed by atoms with Gasteiger partial charge in [0.05, 0.1) is 18.7 Å². The predicted octanol–water partition coefficient (Wildman–Crippen LogP) is 1.65. The average Bonchev–Trinajstić information content (AvgIpc) is 2.38. The summed E-state index contributed by atoms with van der Waals surface area (Å²) in [6.07, 6.45) is 0. The molecule has 18 heavy (non-hydrogen) atoms. The number of hydrogen-bond donors (Lipinski definition) is 2. The summed E-state index contributed by atoms with van der Waals surface area (Å²) < 4.78 is 4.83. The van der Waals surface area contributed by atoms with Crippen molar-refractivity contribution in [2.24, 2.45) is 0 Å². The van der Waals surface area contributed by atoms with Gasteiger partial charge in [-0.1, -0.05) is 30.3 Å². The average molecular weight is 262 g/mol. The van der Waals surface area contributed by atoms with Gasteiger partial charge in [0.1, 0.15) is 0 Å². The van der Waals surface area contributed by atoms with Crippen LogP contribution in [0.2, 0.25) is 0 Å². The Hall–Kier alpha value is -1.88. The second-order valence-corrected chi connectivity index (χ2v) is 4.38. The fourth-order valence-electron chi connectivity index (χ4n) is 1.97. The highest BCUT2D eigenvalue weighted by Gasteiger charge is 2.30. The summed E-state index contributed by atoms with van der Waals surface area (Å²) in [5.41, 5.74) is 2.25. The van der Waals surface area contributed by atoms with E-state index in [1.54, 1.807) is 0 Å². The van der Waals surface area contributed by atoms with Crippen molar-refractivity contribution >= 4 is 23.3 Å². The third kappa shape index (κ3) is 2.36. The molecule has 1 aromatic rings. The molecule has 0 bridgehead atoms. The minimum atomic E-state index is -0.358. The number of ether oxygens (including phenoxy) is 1. The van der Waals surface area contributed by atoms with Crippen LogP contribution >= 0.6 is 12.2 Å². The molecule has 1 aliphatic heterocycles. The molecule has 0 saturated heterocycles. The Bertz CT molecular complexity index is 511. The largest absolute Gasteiger partial charge is 0.466 e. The molecule has 0 aromatic heterocycles. The molecule has 0 aliphatic carbocycles. The zero-order valence-corrected chi connectivity index (χ0v) is 11.0. The Morgan fingerprint density at radius 2 is 2.00 bits per heavy atom. The van der Waals surface area contributed by atoms with E-state index in [0.29, 0.717) is 10.7 Å². The van der Waals surface area contributed by atoms with Crippen molar-refractivity contribution in [3.8, 4) is 0 Å². The van der Waals surface area contributed by atoms with E-state index in [1.165, 1.54) is 7.11 Å². The van der Waals surface area contributed by atoms with Crippen LogP contribution in [0.4, 0.5) is 0 Å². The minimum Gasteiger partial charge on any atom is -0.466 e. The molecule has 2 N–H and O–H groups in total. The molecule has 0 amide bonds. The molecule has 0 saturated carbocycles. The van der Waals surface area contributed by atoms with Crippen LogP contribution in [-0.2, 0) is 9.53 Å². The van der Waals surface area contributed by atoms with Crippen LogP contribution in [0.15, 0.2) is 41.6 Å². The molecule has 2 rings (SSSR count). The van der Waals surface area contributed by atoms with Crippen molar-refractivity contribution < 1.29 is 9.53 Å². The molecule has 1 aromatic carbocycles. The van der Waals surface area contributed by atoms with E-state index in [4.69, 9.17) is 17.0 Å². The van der Waals surface area contributed by atoms with Gasteiger partial charge in [-0.25, -0.2) is 4.79 Å². The zero-order valence-electron chi connectivity index (χ0n) is 10.2. The van der Waals surface area contributed by atoms with Crippen molar-refractivity contribution in [3.63, 3.8) is 0 Å². The van der Waals surface area contributed by atoms with Crippen LogP contribution in [0.5, 0.6) is 0 Å². The molecule has 94 valence electrons. The highest BCUT2D eigenvalue weighted by molar-refractivity contribution is 7.80. The first kappa shape index (κ1) is 12.6. The molecule has 5 heteroatoms. The first-order valence-electron chi connectivity index (χ1n) is 5.55. The lowest BCUT2D eigenvalue weighted by Gasteiger charge is -2.29. The first-order valence-corrected chi connectivity index (χ1v) is 5.96. The molecule has 0 fully saturated rings. The number of nitrogens with one attached hydrogen (secondary N) is 2. The molecular formula is C13H14N2O2S. The maximum absolute atomic E-state index is 11.9. The first-order chi connectivity index (χ1) is 8.63. The van der Waals surface area contributed by atoms with Gasteiger partial charge in [0.15, 0.2) is 5.11 Å². The molecule has 0 spiro atoms. The number of rotatable bonds is 2. The van der Waals surface area contributed by atoms with E-state index in [0.717, 1.165) is 11.3 Å². The number of carbonyl (C=O) groups is 1. The Balaban J connectivity index is 2.46. The monoisotopic (exact) mass is 262 g/mol. The van der Waals surface area contributed by atoms with Gasteiger partial charge in [0, 0.05) is 5.70 Å². The Labute approximate surface area is 111 Å². The maximum atomic E-state index is 11.9. The standard InChI is InChI=1S/C13H14N2O2S/c1-8-10(12(16)17-2)11(15-13(18)14-8)9-6-4-3-5-7-9/h3-7,11H,1-2H3,(H2,14,15,18)/t11-/m1/s1. The van der Waals surface area contributed by atoms with Crippen LogP contribution < -0.4 is 10.6 Å². The number of hydrogen-bond acceptors (Lipinski definition) is 3. The number of esters is 1. The quantitative estimate of drug-likeness (QED) is 0.627. The summed E-state index contributed by atoms with van der Waals surface area (Å²) in [6, 6.07) is 9.40. The number of thiocarbonyl (C=S) groups is 1. The fourth-order valence-corrected chi connectivity index (χ4v) is 2.24. The number of allylic oxidation sites excluding steroid dienone is 1. The SMILES string of the molecule is COC(=O)C1=C(C)NC(=S)N[C@@H]1c1ccccc1. The van der Waals surface area contributed by atoms with Gasteiger partial charge in [0.25, 0.3) is 0 Å². The predicted molar refractivity (Wildman–Crippen MR) is 72.8 cm³/mol. The van der Waals surface area contributed by atoms with Gasteiger partial charge < -0.3 is 15.4 Å². The molecule has 0 radical (unpaired) electrons. The van der Waals surface area contributed by atoms with Gasteiger partial charge in [-0.15, -0.1) is 0 Å². The Morgan fingerprint density at radius 1 is 1.33 bits per heavy atom. The Kier molecular flexibility index (Phi) is 3.62. The highest BCUT2D eigenvalue weighted by atomic mass is 32.1. The molecule has 1 heterocycles. The number of benzene rings is 1. The van der Waals surface area contributed by atoms with Gasteiger partial charge in [-0.05, 0) is 24.7 Å². The Morgan fingerprint density at radius 3 is 2.61 bits per heavy atom. The van der Waals surface area contributed by atoms with Crippen molar-refractivity contribution in [2.45, 2.75) is 13.0 Å². The van der Waals surface area contributed by atoms with E-state index in [1.807, 2.05) is 37.3 Å². The summed E-state index contributed by atoms with van der Waals surface area (Å²) >= 11 is 5.13. The third-order valence-electron chi connectivity index (χ3n) is 2.81. The second kappa shape index (κ2) is 5.18. The van der Waals surface area contributed by atoms with E-state index in [-0.39, 0.29) is 12.0 Å². The smallest absolute Gasteiger partial charge is 0.337 e. The minimum absolute atomic E-state index is 0.271. The summed E-state index contributed by atoms with van der Waals surface area (Å²) in [7, 11) is 1.37. The van der Waals surface area contributed by atoms with Crippen LogP contribution in [0.1, 0.15) is 18.5 Å². The maximum Gasteiger partial charge on any atom is 0.337 e. The summed E-state index contributed by atoms with van der Waals surface area (Å²) in [5.74, 6) is -0.358. The molecule has 4 nitrogen and oxygen atoms in total. The van der Waals surface area contributed by atoms with Gasteiger partial charge in [-0.3, -0.25) is 0 Å². The third-order valence-corrected chi connectivity index (χ3v) is 3.03. The fraction of sp³-hybridized carbons (Fsp3) is 0.231. The molecular weight excluding hydrogens is 248 g/mol.